The minimum atomic E-state index is -0.887. The highest BCUT2D eigenvalue weighted by Crippen LogP contribution is 2.07. The molecule has 0 aromatic heterocycles. The minimum absolute atomic E-state index is 0.380. The van der Waals surface area contributed by atoms with Crippen LogP contribution in [-0.4, -0.2) is 17.0 Å². The first kappa shape index (κ1) is 12.7. The molecule has 0 amide bonds. The van der Waals surface area contributed by atoms with E-state index in [1.165, 1.54) is 0 Å². The monoisotopic (exact) mass is 210 g/mol. The van der Waals surface area contributed by atoms with E-state index >= 15 is 0 Å². The fraction of sp³-hybridized carbons (Fsp3) is 0. The van der Waals surface area contributed by atoms with Crippen LogP contribution in [0.25, 0.3) is 0 Å². The second kappa shape index (κ2) is 6.20. The first-order valence-corrected chi connectivity index (χ1v) is 3.79. The van der Waals surface area contributed by atoms with Gasteiger partial charge < -0.3 is 14.6 Å². The van der Waals surface area contributed by atoms with Crippen LogP contribution in [0.15, 0.2) is 49.7 Å². The molecule has 15 heavy (non-hydrogen) atoms. The van der Waals surface area contributed by atoms with Gasteiger partial charge in [0.15, 0.2) is 0 Å². The van der Waals surface area contributed by atoms with E-state index < -0.39 is 17.9 Å². The van der Waals surface area contributed by atoms with E-state index in [4.69, 9.17) is 5.11 Å². The van der Waals surface area contributed by atoms with E-state index in [2.05, 4.69) is 29.2 Å². The summed E-state index contributed by atoms with van der Waals surface area (Å²) in [5.41, 5.74) is 0. The Labute approximate surface area is 86.6 Å². The molecule has 0 spiro atoms. The summed E-state index contributed by atoms with van der Waals surface area (Å²) in [6.45, 7) is 9.52. The Morgan fingerprint density at radius 2 is 1.40 bits per heavy atom. The molecular formula is C10H10O5. The molecule has 0 heterocycles. The molecule has 1 N–H and O–H groups in total. The molecule has 80 valence electrons. The quantitative estimate of drug-likeness (QED) is 0.321. The molecule has 0 rings (SSSR count). The number of ether oxygens (including phenoxy) is 2. The largest absolute Gasteiger partial charge is 0.478 e. The van der Waals surface area contributed by atoms with E-state index in [1.54, 1.807) is 0 Å². The van der Waals surface area contributed by atoms with Crippen molar-refractivity contribution in [1.29, 1.82) is 0 Å². The van der Waals surface area contributed by atoms with Gasteiger partial charge in [-0.2, -0.15) is 0 Å². The molecule has 0 bridgehead atoms. The molecule has 0 aromatic rings. The van der Waals surface area contributed by atoms with Crippen LogP contribution in [0.5, 0.6) is 0 Å². The summed E-state index contributed by atoms with van der Waals surface area (Å²) in [6.07, 6.45) is 2.73. The van der Waals surface area contributed by atoms with E-state index in [0.717, 1.165) is 18.2 Å². The average molecular weight is 210 g/mol. The normalized spacial score (nSPS) is 10.7. The summed E-state index contributed by atoms with van der Waals surface area (Å²) in [5, 5.41) is 9.16. The Morgan fingerprint density at radius 1 is 0.933 bits per heavy atom. The lowest BCUT2D eigenvalue weighted by atomic mass is 10.5. The van der Waals surface area contributed by atoms with Crippen molar-refractivity contribution < 1.29 is 24.2 Å². The maximum atomic E-state index is 10.7. The van der Waals surface area contributed by atoms with Crippen molar-refractivity contribution in [1.82, 2.24) is 0 Å². The van der Waals surface area contributed by atoms with E-state index in [9.17, 15) is 9.59 Å². The molecule has 0 saturated carbocycles. The van der Waals surface area contributed by atoms with Crippen molar-refractivity contribution in [3.63, 3.8) is 0 Å². The number of hydrogen-bond donors (Lipinski definition) is 1. The zero-order valence-corrected chi connectivity index (χ0v) is 7.93. The predicted molar refractivity (Wildman–Crippen MR) is 52.4 cm³/mol. The summed E-state index contributed by atoms with van der Waals surface area (Å²) >= 11 is 0. The van der Waals surface area contributed by atoms with Crippen LogP contribution in [-0.2, 0) is 19.1 Å². The summed E-state index contributed by atoms with van der Waals surface area (Å²) in [6, 6.07) is 0. The van der Waals surface area contributed by atoms with Gasteiger partial charge >= 0.3 is 17.9 Å². The first-order valence-electron chi connectivity index (χ1n) is 3.79. The van der Waals surface area contributed by atoms with Crippen LogP contribution < -0.4 is 0 Å². The molecule has 0 fully saturated rings. The lowest BCUT2D eigenvalue weighted by molar-refractivity contribution is -0.141. The van der Waals surface area contributed by atoms with Crippen LogP contribution in [0.2, 0.25) is 0 Å². The van der Waals surface area contributed by atoms with Crippen molar-refractivity contribution in [2.45, 2.75) is 0 Å². The summed E-state index contributed by atoms with van der Waals surface area (Å²) in [5.74, 6) is -2.95. The number of hydrogen-bond acceptors (Lipinski definition) is 5. The highest BCUT2D eigenvalue weighted by molar-refractivity contribution is 5.83. The molecule has 0 aliphatic heterocycles. The standard InChI is InChI=1S/C10H10O5/c1-4-7(14-8(11)5-2)10(13)15-9(12)6-3/h4-6,13H,1-3H2/b10-7-. The predicted octanol–water partition coefficient (Wildman–Crippen LogP) is 1.36. The number of esters is 2. The zero-order valence-electron chi connectivity index (χ0n) is 7.93. The molecular weight excluding hydrogens is 200 g/mol. The van der Waals surface area contributed by atoms with E-state index in [0.29, 0.717) is 0 Å². The molecule has 0 unspecified atom stereocenters. The van der Waals surface area contributed by atoms with Crippen molar-refractivity contribution >= 4 is 11.9 Å². The second-order valence-corrected chi connectivity index (χ2v) is 2.12. The second-order valence-electron chi connectivity index (χ2n) is 2.12. The van der Waals surface area contributed by atoms with Gasteiger partial charge in [-0.25, -0.2) is 9.59 Å². The van der Waals surface area contributed by atoms with Gasteiger partial charge in [0.25, 0.3) is 0 Å². The van der Waals surface area contributed by atoms with Gasteiger partial charge in [-0.3, -0.25) is 0 Å². The molecule has 5 nitrogen and oxygen atoms in total. The third kappa shape index (κ3) is 4.47. The summed E-state index contributed by atoms with van der Waals surface area (Å²) < 4.78 is 8.79. The fourth-order valence-corrected chi connectivity index (χ4v) is 0.510. The molecule has 0 radical (unpaired) electrons. The van der Waals surface area contributed by atoms with Crippen LogP contribution in [0.3, 0.4) is 0 Å². The Bertz CT molecular complexity index is 338. The van der Waals surface area contributed by atoms with Crippen LogP contribution in [0.4, 0.5) is 0 Å². The van der Waals surface area contributed by atoms with E-state index in [-0.39, 0.29) is 5.76 Å². The van der Waals surface area contributed by atoms with Gasteiger partial charge in [0.2, 0.25) is 5.76 Å². The smallest absolute Gasteiger partial charge is 0.338 e. The lowest BCUT2D eigenvalue weighted by Crippen LogP contribution is -2.06. The molecule has 5 heteroatoms. The summed E-state index contributed by atoms with van der Waals surface area (Å²) in [4.78, 5) is 21.4. The molecule has 0 atom stereocenters. The van der Waals surface area contributed by atoms with Crippen LogP contribution in [0, 0.1) is 0 Å². The van der Waals surface area contributed by atoms with Gasteiger partial charge in [0.05, 0.1) is 0 Å². The first-order chi connectivity index (χ1) is 7.04. The highest BCUT2D eigenvalue weighted by Gasteiger charge is 2.11. The molecule has 0 aliphatic rings. The third-order valence-corrected chi connectivity index (χ3v) is 1.14. The third-order valence-electron chi connectivity index (χ3n) is 1.14. The maximum absolute atomic E-state index is 10.7. The number of aliphatic hydroxyl groups is 1. The minimum Gasteiger partial charge on any atom is -0.478 e. The Balaban J connectivity index is 4.73. The fourth-order valence-electron chi connectivity index (χ4n) is 0.510. The van der Waals surface area contributed by atoms with Gasteiger partial charge in [0.1, 0.15) is 0 Å². The number of rotatable bonds is 5. The van der Waals surface area contributed by atoms with Gasteiger partial charge in [-0.15, -0.1) is 0 Å². The van der Waals surface area contributed by atoms with Crippen LogP contribution >= 0.6 is 0 Å². The molecule has 0 aromatic carbocycles. The SMILES string of the molecule is C=CC(=O)O/C(O)=C(/C=C)OC(=O)C=C. The molecule has 0 saturated heterocycles. The topological polar surface area (TPSA) is 72.8 Å². The van der Waals surface area contributed by atoms with Crippen molar-refractivity contribution in [2.75, 3.05) is 0 Å². The number of carbonyl (C=O) groups excluding carboxylic acids is 2. The van der Waals surface area contributed by atoms with Crippen molar-refractivity contribution in [3.8, 4) is 0 Å². The summed E-state index contributed by atoms with van der Waals surface area (Å²) in [7, 11) is 0. The number of aliphatic hydroxyl groups excluding tert-OH is 1. The van der Waals surface area contributed by atoms with E-state index in [1.807, 2.05) is 0 Å². The number of allylic oxidation sites excluding steroid dienone is 1. The van der Waals surface area contributed by atoms with Crippen molar-refractivity contribution in [3.05, 3.63) is 49.7 Å². The Hall–Kier alpha value is -2.30. The van der Waals surface area contributed by atoms with Gasteiger partial charge in [0, 0.05) is 12.2 Å². The Morgan fingerprint density at radius 3 is 1.80 bits per heavy atom. The number of carbonyl (C=O) groups is 2. The zero-order chi connectivity index (χ0) is 11.8. The van der Waals surface area contributed by atoms with Crippen LogP contribution in [0.1, 0.15) is 0 Å². The van der Waals surface area contributed by atoms with Crippen molar-refractivity contribution in [2.24, 2.45) is 0 Å². The molecule has 0 aliphatic carbocycles. The van der Waals surface area contributed by atoms with Gasteiger partial charge in [-0.1, -0.05) is 19.7 Å². The lowest BCUT2D eigenvalue weighted by Gasteiger charge is -2.04. The Kier molecular flexibility index (Phi) is 5.25. The average Bonchev–Trinajstić information content (AvgIpc) is 2.24. The van der Waals surface area contributed by atoms with Gasteiger partial charge in [-0.05, 0) is 6.08 Å². The maximum Gasteiger partial charge on any atom is 0.338 e. The highest BCUT2D eigenvalue weighted by atomic mass is 16.6.